The Kier molecular flexibility index (Phi) is 4.01. The van der Waals surface area contributed by atoms with Gasteiger partial charge >= 0.3 is 0 Å². The molecule has 0 aliphatic heterocycles. The minimum Gasteiger partial charge on any atom is -0.396 e. The van der Waals surface area contributed by atoms with Crippen molar-refractivity contribution in [3.8, 4) is 0 Å². The number of nitrogen functional groups attached to an aromatic ring is 1. The molecule has 0 bridgehead atoms. The summed E-state index contributed by atoms with van der Waals surface area (Å²) in [5, 5.41) is 0.379. The Balaban J connectivity index is 2.38. The van der Waals surface area contributed by atoms with Gasteiger partial charge in [-0.2, -0.15) is 0 Å². The number of nitrogens with two attached hydrogens (primary N) is 1. The summed E-state index contributed by atoms with van der Waals surface area (Å²) in [6.45, 7) is 1.86. The molecule has 0 fully saturated rings. The molecule has 0 saturated carbocycles. The summed E-state index contributed by atoms with van der Waals surface area (Å²) in [6, 6.07) is 8.57. The number of hydrogen-bond acceptors (Lipinski definition) is 3. The smallest absolute Gasteiger partial charge is 0.182 e. The number of rotatable bonds is 3. The molecule has 2 aromatic carbocycles. The minimum absolute atomic E-state index is 0.0858. The molecule has 0 aromatic heterocycles. The SMILES string of the molecule is Cc1ccc(CS(=O)(=O)c2ccc(N)c(F)c2)c(Cl)c1. The quantitative estimate of drug-likeness (QED) is 0.884. The number of sulfone groups is 1. The van der Waals surface area contributed by atoms with Gasteiger partial charge in [0.2, 0.25) is 0 Å². The molecule has 0 atom stereocenters. The van der Waals surface area contributed by atoms with Crippen LogP contribution in [0, 0.1) is 12.7 Å². The molecule has 0 spiro atoms. The maximum atomic E-state index is 13.4. The van der Waals surface area contributed by atoms with E-state index in [4.69, 9.17) is 17.3 Å². The molecule has 2 rings (SSSR count). The molecule has 2 N–H and O–H groups in total. The third kappa shape index (κ3) is 3.11. The van der Waals surface area contributed by atoms with Gasteiger partial charge in [-0.05, 0) is 42.3 Å². The van der Waals surface area contributed by atoms with E-state index in [1.54, 1.807) is 18.2 Å². The van der Waals surface area contributed by atoms with Crippen molar-refractivity contribution >= 4 is 27.1 Å². The topological polar surface area (TPSA) is 60.2 Å². The third-order valence-electron chi connectivity index (χ3n) is 2.89. The molecule has 3 nitrogen and oxygen atoms in total. The first-order valence-electron chi connectivity index (χ1n) is 5.82. The first-order chi connectivity index (χ1) is 9.29. The molecule has 0 amide bonds. The van der Waals surface area contributed by atoms with Gasteiger partial charge in [-0.3, -0.25) is 0 Å². The molecular formula is C14H13ClFNO2S. The van der Waals surface area contributed by atoms with E-state index in [0.29, 0.717) is 10.6 Å². The summed E-state index contributed by atoms with van der Waals surface area (Å²) in [4.78, 5) is -0.110. The minimum atomic E-state index is -3.67. The van der Waals surface area contributed by atoms with Gasteiger partial charge in [-0.15, -0.1) is 0 Å². The highest BCUT2D eigenvalue weighted by Crippen LogP contribution is 2.24. The summed E-state index contributed by atoms with van der Waals surface area (Å²) < 4.78 is 37.8. The number of anilines is 1. The van der Waals surface area contributed by atoms with E-state index in [-0.39, 0.29) is 16.3 Å². The Morgan fingerprint density at radius 2 is 1.90 bits per heavy atom. The van der Waals surface area contributed by atoms with Crippen LogP contribution in [0.5, 0.6) is 0 Å². The molecule has 6 heteroatoms. The predicted molar refractivity (Wildman–Crippen MR) is 77.9 cm³/mol. The summed E-state index contributed by atoms with van der Waals surface area (Å²) >= 11 is 6.02. The predicted octanol–water partition coefficient (Wildman–Crippen LogP) is 3.34. The van der Waals surface area contributed by atoms with Gasteiger partial charge in [-0.1, -0.05) is 23.7 Å². The second kappa shape index (κ2) is 5.42. The standard InChI is InChI=1S/C14H13ClFNO2S/c1-9-2-3-10(12(15)6-9)8-20(18,19)11-4-5-14(17)13(16)7-11/h2-7H,8,17H2,1H3. The van der Waals surface area contributed by atoms with E-state index in [9.17, 15) is 12.8 Å². The molecule has 2 aromatic rings. The molecule has 0 unspecified atom stereocenters. The molecule has 20 heavy (non-hydrogen) atoms. The number of hydrogen-bond donors (Lipinski definition) is 1. The van der Waals surface area contributed by atoms with Crippen LogP contribution in [-0.4, -0.2) is 8.42 Å². The number of halogens is 2. The Hall–Kier alpha value is -1.59. The lowest BCUT2D eigenvalue weighted by Crippen LogP contribution is -2.06. The van der Waals surface area contributed by atoms with Crippen molar-refractivity contribution in [3.63, 3.8) is 0 Å². The maximum Gasteiger partial charge on any atom is 0.182 e. The van der Waals surface area contributed by atoms with E-state index in [0.717, 1.165) is 11.6 Å². The van der Waals surface area contributed by atoms with Gasteiger partial charge in [0.25, 0.3) is 0 Å². The van der Waals surface area contributed by atoms with Crippen LogP contribution in [0.3, 0.4) is 0 Å². The lowest BCUT2D eigenvalue weighted by Gasteiger charge is -2.08. The van der Waals surface area contributed by atoms with Crippen molar-refractivity contribution < 1.29 is 12.8 Å². The monoisotopic (exact) mass is 313 g/mol. The molecular weight excluding hydrogens is 301 g/mol. The summed E-state index contributed by atoms with van der Waals surface area (Å²) in [7, 11) is -3.67. The van der Waals surface area contributed by atoms with Gasteiger partial charge in [0.05, 0.1) is 16.3 Å². The first-order valence-corrected chi connectivity index (χ1v) is 7.85. The zero-order chi connectivity index (χ0) is 14.9. The van der Waals surface area contributed by atoms with Crippen LogP contribution in [0.25, 0.3) is 0 Å². The van der Waals surface area contributed by atoms with Crippen LogP contribution in [0.2, 0.25) is 5.02 Å². The van der Waals surface area contributed by atoms with Crippen molar-refractivity contribution in [2.75, 3.05) is 5.73 Å². The van der Waals surface area contributed by atoms with Gasteiger partial charge in [0, 0.05) is 5.02 Å². The second-order valence-electron chi connectivity index (χ2n) is 4.54. The third-order valence-corrected chi connectivity index (χ3v) is 4.90. The van der Waals surface area contributed by atoms with Crippen LogP contribution in [-0.2, 0) is 15.6 Å². The molecule has 0 aliphatic rings. The van der Waals surface area contributed by atoms with Gasteiger partial charge in [0.15, 0.2) is 9.84 Å². The zero-order valence-electron chi connectivity index (χ0n) is 10.7. The van der Waals surface area contributed by atoms with Crippen LogP contribution >= 0.6 is 11.6 Å². The maximum absolute atomic E-state index is 13.4. The highest BCUT2D eigenvalue weighted by atomic mass is 35.5. The molecule has 0 heterocycles. The fourth-order valence-electron chi connectivity index (χ4n) is 1.76. The van der Waals surface area contributed by atoms with E-state index < -0.39 is 15.7 Å². The average molecular weight is 314 g/mol. The van der Waals surface area contributed by atoms with Crippen molar-refractivity contribution in [1.29, 1.82) is 0 Å². The Morgan fingerprint density at radius 1 is 1.20 bits per heavy atom. The van der Waals surface area contributed by atoms with Crippen LogP contribution in [0.4, 0.5) is 10.1 Å². The fourth-order valence-corrected chi connectivity index (χ4v) is 3.53. The Labute approximate surface area is 122 Å². The number of benzene rings is 2. The lowest BCUT2D eigenvalue weighted by atomic mass is 10.2. The summed E-state index contributed by atoms with van der Waals surface area (Å²) in [6.07, 6.45) is 0. The highest BCUT2D eigenvalue weighted by Gasteiger charge is 2.18. The summed E-state index contributed by atoms with van der Waals surface area (Å²) in [5.41, 5.74) is 6.67. The molecule has 0 radical (unpaired) electrons. The van der Waals surface area contributed by atoms with E-state index in [1.165, 1.54) is 12.1 Å². The van der Waals surface area contributed by atoms with Crippen LogP contribution in [0.15, 0.2) is 41.3 Å². The summed E-state index contributed by atoms with van der Waals surface area (Å²) in [5.74, 6) is -1.03. The fraction of sp³-hybridized carbons (Fsp3) is 0.143. The zero-order valence-corrected chi connectivity index (χ0v) is 12.3. The molecule has 106 valence electrons. The van der Waals surface area contributed by atoms with Gasteiger partial charge in [0.1, 0.15) is 5.82 Å². The van der Waals surface area contributed by atoms with E-state index >= 15 is 0 Å². The van der Waals surface area contributed by atoms with E-state index in [1.807, 2.05) is 6.92 Å². The van der Waals surface area contributed by atoms with Gasteiger partial charge < -0.3 is 5.73 Å². The van der Waals surface area contributed by atoms with E-state index in [2.05, 4.69) is 0 Å². The Morgan fingerprint density at radius 3 is 2.50 bits per heavy atom. The van der Waals surface area contributed by atoms with Crippen LogP contribution in [0.1, 0.15) is 11.1 Å². The molecule has 0 aliphatic carbocycles. The second-order valence-corrected chi connectivity index (χ2v) is 6.93. The Bertz CT molecular complexity index is 760. The average Bonchev–Trinajstić information content (AvgIpc) is 2.36. The van der Waals surface area contributed by atoms with Crippen molar-refractivity contribution in [1.82, 2.24) is 0 Å². The molecule has 0 saturated heterocycles. The first kappa shape index (κ1) is 14.8. The lowest BCUT2D eigenvalue weighted by molar-refractivity contribution is 0.591. The van der Waals surface area contributed by atoms with Crippen molar-refractivity contribution in [2.45, 2.75) is 17.6 Å². The largest absolute Gasteiger partial charge is 0.396 e. The normalized spacial score (nSPS) is 11.6. The van der Waals surface area contributed by atoms with Crippen molar-refractivity contribution in [2.24, 2.45) is 0 Å². The van der Waals surface area contributed by atoms with Crippen LogP contribution < -0.4 is 5.73 Å². The highest BCUT2D eigenvalue weighted by molar-refractivity contribution is 7.90. The van der Waals surface area contributed by atoms with Gasteiger partial charge in [-0.25, -0.2) is 12.8 Å². The van der Waals surface area contributed by atoms with Crippen molar-refractivity contribution in [3.05, 3.63) is 58.4 Å². The number of aryl methyl sites for hydroxylation is 1.